The molecule has 0 aromatic rings. The topological polar surface area (TPSA) is 73.6 Å². The lowest BCUT2D eigenvalue weighted by Gasteiger charge is -2.27. The molecule has 0 radical (unpaired) electrons. The summed E-state index contributed by atoms with van der Waals surface area (Å²) >= 11 is 0. The van der Waals surface area contributed by atoms with E-state index >= 15 is 0 Å². The van der Waals surface area contributed by atoms with E-state index < -0.39 is 11.7 Å². The van der Waals surface area contributed by atoms with Gasteiger partial charge in [0.2, 0.25) is 0 Å². The molecule has 0 aliphatic carbocycles. The summed E-state index contributed by atoms with van der Waals surface area (Å²) in [5, 5.41) is 2.85. The van der Waals surface area contributed by atoms with Crippen molar-refractivity contribution >= 4 is 6.09 Å². The molecule has 3 N–H and O–H groups in total. The Labute approximate surface area is 101 Å². The van der Waals surface area contributed by atoms with Crippen molar-refractivity contribution in [1.29, 1.82) is 0 Å². The highest BCUT2D eigenvalue weighted by Gasteiger charge is 2.46. The molecule has 2 aliphatic heterocycles. The zero-order chi connectivity index (χ0) is 12.6. The first kappa shape index (κ1) is 12.4. The maximum Gasteiger partial charge on any atom is 0.407 e. The van der Waals surface area contributed by atoms with Gasteiger partial charge in [0.1, 0.15) is 5.60 Å². The second-order valence-electron chi connectivity index (χ2n) is 5.52. The number of amides is 1. The average Bonchev–Trinajstić information content (AvgIpc) is 2.74. The molecule has 0 spiro atoms. The van der Waals surface area contributed by atoms with Crippen molar-refractivity contribution in [3.63, 3.8) is 0 Å². The Balaban J connectivity index is 1.95. The third kappa shape index (κ3) is 2.61. The first-order valence-electron chi connectivity index (χ1n) is 5.94. The van der Waals surface area contributed by atoms with Crippen LogP contribution in [0.15, 0.2) is 12.2 Å². The van der Waals surface area contributed by atoms with Gasteiger partial charge in [-0.1, -0.05) is 12.2 Å². The van der Waals surface area contributed by atoms with Gasteiger partial charge in [-0.2, -0.15) is 0 Å². The van der Waals surface area contributed by atoms with Crippen LogP contribution in [0.5, 0.6) is 0 Å². The molecule has 4 atom stereocenters. The van der Waals surface area contributed by atoms with Crippen molar-refractivity contribution in [1.82, 2.24) is 5.32 Å². The second kappa shape index (κ2) is 4.31. The molecule has 2 bridgehead atoms. The quantitative estimate of drug-likeness (QED) is 0.700. The van der Waals surface area contributed by atoms with Gasteiger partial charge in [-0.05, 0) is 20.8 Å². The number of alkyl carbamates (subject to hydrolysis) is 1. The highest BCUT2D eigenvalue weighted by atomic mass is 16.6. The zero-order valence-electron chi connectivity index (χ0n) is 10.5. The third-order valence-electron chi connectivity index (χ3n) is 3.00. The smallest absolute Gasteiger partial charge is 0.407 e. The van der Waals surface area contributed by atoms with E-state index in [0.717, 1.165) is 0 Å². The van der Waals surface area contributed by atoms with Crippen molar-refractivity contribution in [2.24, 2.45) is 11.7 Å². The van der Waals surface area contributed by atoms with Crippen molar-refractivity contribution in [3.05, 3.63) is 12.2 Å². The number of hydrogen-bond acceptors (Lipinski definition) is 4. The molecule has 5 nitrogen and oxygen atoms in total. The number of carbonyl (C=O) groups is 1. The summed E-state index contributed by atoms with van der Waals surface area (Å²) in [5.41, 5.74) is 5.22. The highest BCUT2D eigenvalue weighted by molar-refractivity contribution is 5.68. The van der Waals surface area contributed by atoms with Crippen LogP contribution >= 0.6 is 0 Å². The summed E-state index contributed by atoms with van der Waals surface area (Å²) in [6.45, 7) is 6.00. The summed E-state index contributed by atoms with van der Waals surface area (Å²) in [6, 6.07) is -0.0788. The van der Waals surface area contributed by atoms with Gasteiger partial charge in [0.15, 0.2) is 0 Å². The molecule has 4 unspecified atom stereocenters. The Kier molecular flexibility index (Phi) is 3.14. The van der Waals surface area contributed by atoms with Gasteiger partial charge in [-0.15, -0.1) is 0 Å². The number of nitrogens with two attached hydrogens (primary N) is 1. The highest BCUT2D eigenvalue weighted by Crippen LogP contribution is 2.33. The molecular formula is C12H20N2O3. The Morgan fingerprint density at radius 1 is 1.41 bits per heavy atom. The minimum Gasteiger partial charge on any atom is -0.444 e. The number of ether oxygens (including phenoxy) is 2. The average molecular weight is 240 g/mol. The summed E-state index contributed by atoms with van der Waals surface area (Å²) in [5.74, 6) is 0.137. The van der Waals surface area contributed by atoms with E-state index in [1.807, 2.05) is 32.9 Å². The van der Waals surface area contributed by atoms with E-state index in [1.54, 1.807) is 0 Å². The standard InChI is InChI=1S/C12H20N2O3/c1-12(2,3)17-11(15)14-10-7(6-13)8-4-5-9(10)16-8/h4-5,7-10H,6,13H2,1-3H3,(H,14,15). The number of carbonyl (C=O) groups excluding carboxylic acids is 1. The molecule has 96 valence electrons. The molecule has 2 heterocycles. The van der Waals surface area contributed by atoms with Crippen LogP contribution in [0.25, 0.3) is 0 Å². The molecule has 1 fully saturated rings. The summed E-state index contributed by atoms with van der Waals surface area (Å²) in [7, 11) is 0. The number of nitrogens with one attached hydrogen (secondary N) is 1. The van der Waals surface area contributed by atoms with E-state index in [0.29, 0.717) is 6.54 Å². The van der Waals surface area contributed by atoms with Gasteiger partial charge in [-0.3, -0.25) is 0 Å². The molecule has 2 rings (SSSR count). The van der Waals surface area contributed by atoms with E-state index in [9.17, 15) is 4.79 Å². The van der Waals surface area contributed by atoms with Gasteiger partial charge < -0.3 is 20.5 Å². The molecule has 1 saturated heterocycles. The summed E-state index contributed by atoms with van der Waals surface area (Å²) < 4.78 is 10.9. The van der Waals surface area contributed by atoms with Crippen molar-refractivity contribution in [3.8, 4) is 0 Å². The van der Waals surface area contributed by atoms with Gasteiger partial charge in [-0.25, -0.2) is 4.79 Å². The van der Waals surface area contributed by atoms with E-state index in [-0.39, 0.29) is 24.2 Å². The molecule has 0 aromatic carbocycles. The number of fused-ring (bicyclic) bond motifs is 2. The predicted molar refractivity (Wildman–Crippen MR) is 63.5 cm³/mol. The summed E-state index contributed by atoms with van der Waals surface area (Å²) in [6.07, 6.45) is 3.53. The van der Waals surface area contributed by atoms with Gasteiger partial charge in [0.25, 0.3) is 0 Å². The third-order valence-corrected chi connectivity index (χ3v) is 3.00. The maximum atomic E-state index is 11.7. The fourth-order valence-electron chi connectivity index (χ4n) is 2.30. The minimum absolute atomic E-state index is 0.0323. The van der Waals surface area contributed by atoms with Gasteiger partial charge in [0, 0.05) is 12.5 Å². The molecule has 0 aromatic heterocycles. The van der Waals surface area contributed by atoms with E-state index in [1.165, 1.54) is 0 Å². The van der Waals surface area contributed by atoms with Crippen LogP contribution in [0.3, 0.4) is 0 Å². The van der Waals surface area contributed by atoms with Crippen molar-refractivity contribution < 1.29 is 14.3 Å². The SMILES string of the molecule is CC(C)(C)OC(=O)NC1C2C=CC(O2)C1CN. The van der Waals surface area contributed by atoms with Crippen LogP contribution in [-0.2, 0) is 9.47 Å². The van der Waals surface area contributed by atoms with Crippen molar-refractivity contribution in [2.45, 2.75) is 44.6 Å². The lowest BCUT2D eigenvalue weighted by atomic mass is 9.89. The molecule has 1 amide bonds. The predicted octanol–water partition coefficient (Wildman–Crippen LogP) is 0.792. The normalized spacial score (nSPS) is 35.1. The van der Waals surface area contributed by atoms with Crippen LogP contribution in [-0.4, -0.2) is 36.5 Å². The van der Waals surface area contributed by atoms with Crippen molar-refractivity contribution in [2.75, 3.05) is 6.54 Å². The summed E-state index contributed by atoms with van der Waals surface area (Å²) in [4.78, 5) is 11.7. The van der Waals surface area contributed by atoms with Gasteiger partial charge in [0.05, 0.1) is 18.2 Å². The second-order valence-corrected chi connectivity index (χ2v) is 5.52. The van der Waals surface area contributed by atoms with E-state index in [4.69, 9.17) is 15.2 Å². The molecule has 17 heavy (non-hydrogen) atoms. The van der Waals surface area contributed by atoms with Crippen LogP contribution in [0.4, 0.5) is 4.79 Å². The Hall–Kier alpha value is -1.07. The van der Waals surface area contributed by atoms with Crippen LogP contribution in [0.2, 0.25) is 0 Å². The van der Waals surface area contributed by atoms with E-state index in [2.05, 4.69) is 5.32 Å². The fourth-order valence-corrected chi connectivity index (χ4v) is 2.30. The Bertz CT molecular complexity index is 335. The van der Waals surface area contributed by atoms with Crippen LogP contribution in [0, 0.1) is 5.92 Å². The van der Waals surface area contributed by atoms with Crippen LogP contribution < -0.4 is 11.1 Å². The first-order valence-corrected chi connectivity index (χ1v) is 5.94. The zero-order valence-corrected chi connectivity index (χ0v) is 10.5. The fraction of sp³-hybridized carbons (Fsp3) is 0.750. The largest absolute Gasteiger partial charge is 0.444 e. The molecule has 2 aliphatic rings. The van der Waals surface area contributed by atoms with Crippen LogP contribution in [0.1, 0.15) is 20.8 Å². The minimum atomic E-state index is -0.489. The molecular weight excluding hydrogens is 220 g/mol. The molecule has 5 heteroatoms. The number of hydrogen-bond donors (Lipinski definition) is 2. The first-order chi connectivity index (χ1) is 7.90. The molecule has 0 saturated carbocycles. The Morgan fingerprint density at radius 2 is 2.06 bits per heavy atom. The number of rotatable bonds is 2. The Morgan fingerprint density at radius 3 is 2.65 bits per heavy atom. The maximum absolute atomic E-state index is 11.7. The lowest BCUT2D eigenvalue weighted by Crippen LogP contribution is -2.49. The van der Waals surface area contributed by atoms with Gasteiger partial charge >= 0.3 is 6.09 Å². The monoisotopic (exact) mass is 240 g/mol. The lowest BCUT2D eigenvalue weighted by molar-refractivity contribution is 0.0473.